The Hall–Kier alpha value is -3.15. The molecular weight excluding hydrogens is 392 g/mol. The number of para-hydroxylation sites is 1. The molecule has 0 unspecified atom stereocenters. The van der Waals surface area contributed by atoms with E-state index in [0.29, 0.717) is 16.3 Å². The quantitative estimate of drug-likeness (QED) is 0.306. The van der Waals surface area contributed by atoms with Gasteiger partial charge < -0.3 is 10.1 Å². The van der Waals surface area contributed by atoms with Crippen LogP contribution in [0.1, 0.15) is 10.4 Å². The number of nitrogens with one attached hydrogen (secondary N) is 1. The molecule has 4 nitrogen and oxygen atoms in total. The average molecular weight is 407 g/mol. The van der Waals surface area contributed by atoms with Crippen molar-refractivity contribution in [1.29, 1.82) is 0 Å². The molecule has 0 aliphatic rings. The fourth-order valence-corrected chi connectivity index (χ4v) is 3.47. The zero-order valence-corrected chi connectivity index (χ0v) is 16.2. The van der Waals surface area contributed by atoms with Crippen LogP contribution in [-0.4, -0.2) is 11.0 Å². The summed E-state index contributed by atoms with van der Waals surface area (Å²) in [4.78, 5) is 17.0. The average Bonchev–Trinajstić information content (AvgIpc) is 3.19. The Labute approximate surface area is 171 Å². The summed E-state index contributed by atoms with van der Waals surface area (Å²) in [6, 6.07) is 23.7. The topological polar surface area (TPSA) is 51.2 Å². The predicted molar refractivity (Wildman–Crippen MR) is 114 cm³/mol. The molecule has 0 spiro atoms. The number of rotatable bonds is 5. The van der Waals surface area contributed by atoms with Crippen LogP contribution < -0.4 is 10.1 Å². The van der Waals surface area contributed by atoms with Crippen LogP contribution in [0.4, 0.5) is 10.8 Å². The first-order chi connectivity index (χ1) is 13.7. The highest BCUT2D eigenvalue weighted by atomic mass is 35.5. The summed E-state index contributed by atoms with van der Waals surface area (Å²) in [5.74, 6) is 0.0717. The molecule has 4 rings (SSSR count). The lowest BCUT2D eigenvalue weighted by molar-refractivity contribution is 0.0735. The third kappa shape index (κ3) is 4.22. The molecule has 1 aromatic heterocycles. The summed E-state index contributed by atoms with van der Waals surface area (Å²) in [6.45, 7) is 0. The molecule has 4 aromatic rings. The zero-order valence-electron chi connectivity index (χ0n) is 14.6. The van der Waals surface area contributed by atoms with E-state index >= 15 is 0 Å². The zero-order chi connectivity index (χ0) is 19.3. The minimum atomic E-state index is -0.400. The third-order valence-corrected chi connectivity index (χ3v) is 4.98. The van der Waals surface area contributed by atoms with E-state index in [9.17, 15) is 4.79 Å². The van der Waals surface area contributed by atoms with Crippen molar-refractivity contribution in [2.75, 3.05) is 5.32 Å². The maximum Gasteiger partial charge on any atom is 0.343 e. The Morgan fingerprint density at radius 3 is 2.43 bits per heavy atom. The lowest BCUT2D eigenvalue weighted by atomic mass is 10.1. The van der Waals surface area contributed by atoms with Crippen LogP contribution >= 0.6 is 22.9 Å². The number of ether oxygens (including phenoxy) is 1. The van der Waals surface area contributed by atoms with Gasteiger partial charge in [0.05, 0.1) is 11.3 Å². The Morgan fingerprint density at radius 2 is 1.64 bits per heavy atom. The molecule has 0 saturated heterocycles. The number of halogens is 1. The van der Waals surface area contributed by atoms with Crippen LogP contribution in [-0.2, 0) is 0 Å². The van der Waals surface area contributed by atoms with Gasteiger partial charge in [0.25, 0.3) is 0 Å². The van der Waals surface area contributed by atoms with Crippen LogP contribution in [0, 0.1) is 0 Å². The molecule has 0 bridgehead atoms. The first-order valence-electron chi connectivity index (χ1n) is 8.54. The van der Waals surface area contributed by atoms with Gasteiger partial charge in [-0.1, -0.05) is 41.9 Å². The second-order valence-electron chi connectivity index (χ2n) is 5.92. The van der Waals surface area contributed by atoms with Crippen LogP contribution in [0.3, 0.4) is 0 Å². The number of nitrogens with zero attached hydrogens (tertiary/aromatic N) is 1. The van der Waals surface area contributed by atoms with Crippen molar-refractivity contribution >= 4 is 39.7 Å². The predicted octanol–water partition coefficient (Wildman–Crippen LogP) is 6.43. The molecule has 28 heavy (non-hydrogen) atoms. The number of aromatic nitrogens is 1. The highest BCUT2D eigenvalue weighted by molar-refractivity contribution is 7.14. The number of hydrogen-bond acceptors (Lipinski definition) is 5. The van der Waals surface area contributed by atoms with Crippen molar-refractivity contribution < 1.29 is 9.53 Å². The number of benzene rings is 3. The Bertz CT molecular complexity index is 1090. The van der Waals surface area contributed by atoms with E-state index in [4.69, 9.17) is 16.3 Å². The molecule has 1 heterocycles. The van der Waals surface area contributed by atoms with Gasteiger partial charge in [0.15, 0.2) is 5.13 Å². The van der Waals surface area contributed by atoms with Gasteiger partial charge >= 0.3 is 5.97 Å². The number of carbonyl (C=O) groups excluding carboxylic acids is 1. The minimum Gasteiger partial charge on any atom is -0.422 e. The first kappa shape index (κ1) is 18.2. The van der Waals surface area contributed by atoms with E-state index in [0.717, 1.165) is 22.1 Å². The molecule has 3 aromatic carbocycles. The number of anilines is 2. The second kappa shape index (κ2) is 8.25. The SMILES string of the molecule is O=C(Oc1ccccc1-c1csc(Nc2ccc(Cl)cc2)n1)c1ccccc1. The van der Waals surface area contributed by atoms with Crippen molar-refractivity contribution in [1.82, 2.24) is 4.98 Å². The van der Waals surface area contributed by atoms with Gasteiger partial charge in [0.2, 0.25) is 0 Å². The Morgan fingerprint density at radius 1 is 0.929 bits per heavy atom. The van der Waals surface area contributed by atoms with Gasteiger partial charge in [-0.15, -0.1) is 11.3 Å². The molecule has 138 valence electrons. The highest BCUT2D eigenvalue weighted by Crippen LogP contribution is 2.33. The van der Waals surface area contributed by atoms with E-state index in [2.05, 4.69) is 10.3 Å². The van der Waals surface area contributed by atoms with E-state index in [1.54, 1.807) is 30.3 Å². The van der Waals surface area contributed by atoms with Gasteiger partial charge in [-0.2, -0.15) is 0 Å². The molecular formula is C22H15ClN2O2S. The third-order valence-electron chi connectivity index (χ3n) is 3.97. The van der Waals surface area contributed by atoms with Gasteiger partial charge in [-0.25, -0.2) is 9.78 Å². The summed E-state index contributed by atoms with van der Waals surface area (Å²) >= 11 is 7.39. The van der Waals surface area contributed by atoms with Gasteiger partial charge in [0.1, 0.15) is 5.75 Å². The minimum absolute atomic E-state index is 0.400. The van der Waals surface area contributed by atoms with Gasteiger partial charge in [0, 0.05) is 21.7 Å². The van der Waals surface area contributed by atoms with Crippen molar-refractivity contribution in [2.45, 2.75) is 0 Å². The molecule has 1 N–H and O–H groups in total. The molecule has 0 aliphatic carbocycles. The maximum atomic E-state index is 12.4. The van der Waals surface area contributed by atoms with Crippen molar-refractivity contribution in [2.24, 2.45) is 0 Å². The van der Waals surface area contributed by atoms with Gasteiger partial charge in [-0.3, -0.25) is 0 Å². The summed E-state index contributed by atoms with van der Waals surface area (Å²) in [5, 5.41) is 6.59. The van der Waals surface area contributed by atoms with Crippen LogP contribution in [0.5, 0.6) is 5.75 Å². The molecule has 0 radical (unpaired) electrons. The summed E-state index contributed by atoms with van der Waals surface area (Å²) in [7, 11) is 0. The number of carbonyl (C=O) groups is 1. The highest BCUT2D eigenvalue weighted by Gasteiger charge is 2.14. The number of esters is 1. The van der Waals surface area contributed by atoms with E-state index in [1.165, 1.54) is 11.3 Å². The normalized spacial score (nSPS) is 10.5. The summed E-state index contributed by atoms with van der Waals surface area (Å²) < 4.78 is 5.62. The van der Waals surface area contributed by atoms with Gasteiger partial charge in [-0.05, 0) is 48.5 Å². The lowest BCUT2D eigenvalue weighted by Crippen LogP contribution is -2.08. The van der Waals surface area contributed by atoms with Crippen molar-refractivity contribution in [3.63, 3.8) is 0 Å². The van der Waals surface area contributed by atoms with E-state index < -0.39 is 5.97 Å². The molecule has 0 amide bonds. The van der Waals surface area contributed by atoms with Crippen molar-refractivity contribution in [3.05, 3.63) is 94.8 Å². The monoisotopic (exact) mass is 406 g/mol. The fourth-order valence-electron chi connectivity index (χ4n) is 2.61. The largest absolute Gasteiger partial charge is 0.422 e. The van der Waals surface area contributed by atoms with Crippen LogP contribution in [0.25, 0.3) is 11.3 Å². The van der Waals surface area contributed by atoms with E-state index in [1.807, 2.05) is 53.9 Å². The molecule has 6 heteroatoms. The lowest BCUT2D eigenvalue weighted by Gasteiger charge is -2.08. The number of hydrogen-bond donors (Lipinski definition) is 1. The smallest absolute Gasteiger partial charge is 0.343 e. The van der Waals surface area contributed by atoms with E-state index in [-0.39, 0.29) is 0 Å². The number of thiazole rings is 1. The maximum absolute atomic E-state index is 12.4. The molecule has 0 fully saturated rings. The fraction of sp³-hybridized carbons (Fsp3) is 0. The Kier molecular flexibility index (Phi) is 5.37. The summed E-state index contributed by atoms with van der Waals surface area (Å²) in [6.07, 6.45) is 0. The molecule has 0 atom stereocenters. The second-order valence-corrected chi connectivity index (χ2v) is 7.22. The molecule has 0 saturated carbocycles. The van der Waals surface area contributed by atoms with Crippen LogP contribution in [0.15, 0.2) is 84.2 Å². The summed E-state index contributed by atoms with van der Waals surface area (Å²) in [5.41, 5.74) is 2.89. The first-order valence-corrected chi connectivity index (χ1v) is 9.79. The Balaban J connectivity index is 1.56. The van der Waals surface area contributed by atoms with Crippen molar-refractivity contribution in [3.8, 4) is 17.0 Å². The molecule has 0 aliphatic heterocycles. The van der Waals surface area contributed by atoms with Crippen LogP contribution in [0.2, 0.25) is 5.02 Å². The standard InChI is InChI=1S/C22H15ClN2O2S/c23-16-10-12-17(13-11-16)24-22-25-19(14-28-22)18-8-4-5-9-20(18)27-21(26)15-6-2-1-3-7-15/h1-14H,(H,24,25).